The van der Waals surface area contributed by atoms with E-state index in [1.54, 1.807) is 6.26 Å². The number of morpholine rings is 1. The molecule has 0 saturated carbocycles. The smallest absolute Gasteiger partial charge is 0.222 e. The Morgan fingerprint density at radius 1 is 0.946 bits per heavy atom. The highest BCUT2D eigenvalue weighted by Gasteiger charge is 2.18. The van der Waals surface area contributed by atoms with Crippen LogP contribution in [0.5, 0.6) is 0 Å². The lowest BCUT2D eigenvalue weighted by Crippen LogP contribution is -2.39. The van der Waals surface area contributed by atoms with Gasteiger partial charge in [-0.1, -0.05) is 42.5 Å². The molecule has 0 atom stereocenters. The molecule has 1 fully saturated rings. The van der Waals surface area contributed by atoms with Crippen LogP contribution in [0.4, 0.5) is 5.82 Å². The Morgan fingerprint density at radius 2 is 1.76 bits per heavy atom. The molecule has 0 radical (unpaired) electrons. The van der Waals surface area contributed by atoms with E-state index >= 15 is 0 Å². The van der Waals surface area contributed by atoms with Crippen molar-refractivity contribution in [1.82, 2.24) is 20.2 Å². The van der Waals surface area contributed by atoms with Crippen LogP contribution < -0.4 is 10.2 Å². The van der Waals surface area contributed by atoms with E-state index in [9.17, 15) is 4.79 Å². The van der Waals surface area contributed by atoms with Gasteiger partial charge in [-0.2, -0.15) is 0 Å². The van der Waals surface area contributed by atoms with Crippen LogP contribution in [-0.2, 0) is 16.1 Å². The summed E-state index contributed by atoms with van der Waals surface area (Å²) >= 11 is 0. The number of nitrogens with one attached hydrogen (secondary N) is 1. The van der Waals surface area contributed by atoms with Crippen LogP contribution in [0.2, 0.25) is 0 Å². The number of carbonyl (C=O) groups is 1. The number of fused-ring (bicyclic) bond motifs is 1. The zero-order chi connectivity index (χ0) is 25.3. The molecule has 1 aliphatic rings. The van der Waals surface area contributed by atoms with Gasteiger partial charge in [0.1, 0.15) is 5.82 Å². The van der Waals surface area contributed by atoms with E-state index in [0.717, 1.165) is 68.1 Å². The number of aromatic nitrogens is 2. The maximum Gasteiger partial charge on any atom is 0.222 e. The maximum absolute atomic E-state index is 12.8. The van der Waals surface area contributed by atoms with Gasteiger partial charge >= 0.3 is 0 Å². The quantitative estimate of drug-likeness (QED) is 0.332. The molecule has 1 saturated heterocycles. The first kappa shape index (κ1) is 24.9. The van der Waals surface area contributed by atoms with E-state index in [2.05, 4.69) is 15.1 Å². The average Bonchev–Trinajstić information content (AvgIpc) is 3.50. The Balaban J connectivity index is 1.34. The molecule has 1 N–H and O–H groups in total. The molecule has 0 unspecified atom stereocenters. The minimum Gasteiger partial charge on any atom is -0.461 e. The number of nitrogens with zero attached hydrogens (tertiary/aromatic N) is 4. The Morgan fingerprint density at radius 3 is 2.57 bits per heavy atom. The first-order valence-electron chi connectivity index (χ1n) is 12.9. The molecule has 37 heavy (non-hydrogen) atoms. The van der Waals surface area contributed by atoms with Crippen LogP contribution in [0.1, 0.15) is 18.4 Å². The predicted octanol–water partition coefficient (Wildman–Crippen LogP) is 4.13. The van der Waals surface area contributed by atoms with Crippen molar-refractivity contribution in [3.63, 3.8) is 0 Å². The number of hydrogen-bond donors (Lipinski definition) is 1. The van der Waals surface area contributed by atoms with Crippen molar-refractivity contribution in [3.05, 3.63) is 78.6 Å². The standard InChI is InChI=1S/C29H33N5O3/c35-27(30-22-23-8-2-1-3-9-23)13-16-34(15-7-14-33-17-20-36-21-18-33)29-24-10-4-5-11-25(24)31-28(32-29)26-12-6-19-37-26/h1-6,8-12,19H,7,13-18,20-22H2,(H,30,35). The summed E-state index contributed by atoms with van der Waals surface area (Å²) < 4.78 is 11.1. The number of para-hydroxylation sites is 1. The lowest BCUT2D eigenvalue weighted by Gasteiger charge is -2.29. The van der Waals surface area contributed by atoms with E-state index in [1.807, 2.05) is 66.7 Å². The first-order valence-corrected chi connectivity index (χ1v) is 12.9. The van der Waals surface area contributed by atoms with Gasteiger partial charge in [-0.25, -0.2) is 9.97 Å². The molecule has 2 aromatic heterocycles. The summed E-state index contributed by atoms with van der Waals surface area (Å²) in [6, 6.07) is 21.7. The summed E-state index contributed by atoms with van der Waals surface area (Å²) in [6.45, 7) is 6.33. The highest BCUT2D eigenvalue weighted by molar-refractivity contribution is 5.91. The minimum absolute atomic E-state index is 0.0200. The van der Waals surface area contributed by atoms with Crippen molar-refractivity contribution in [3.8, 4) is 11.6 Å². The normalized spacial score (nSPS) is 14.1. The van der Waals surface area contributed by atoms with Crippen LogP contribution in [0.3, 0.4) is 0 Å². The van der Waals surface area contributed by atoms with Crippen LogP contribution in [-0.4, -0.2) is 66.7 Å². The summed E-state index contributed by atoms with van der Waals surface area (Å²) in [5, 5.41) is 4.02. The van der Waals surface area contributed by atoms with E-state index in [4.69, 9.17) is 19.1 Å². The molecular weight excluding hydrogens is 466 g/mol. The molecule has 4 aromatic rings. The van der Waals surface area contributed by atoms with Crippen LogP contribution in [0, 0.1) is 0 Å². The van der Waals surface area contributed by atoms with Crippen molar-refractivity contribution < 1.29 is 13.9 Å². The lowest BCUT2D eigenvalue weighted by molar-refractivity contribution is -0.121. The third kappa shape index (κ3) is 6.72. The second-order valence-corrected chi connectivity index (χ2v) is 9.17. The number of rotatable bonds is 11. The van der Waals surface area contributed by atoms with Gasteiger partial charge in [0.15, 0.2) is 11.6 Å². The third-order valence-electron chi connectivity index (χ3n) is 6.57. The summed E-state index contributed by atoms with van der Waals surface area (Å²) in [4.78, 5) is 27.1. The molecule has 0 bridgehead atoms. The molecule has 8 nitrogen and oxygen atoms in total. The van der Waals surface area contributed by atoms with E-state index in [-0.39, 0.29) is 5.91 Å². The summed E-state index contributed by atoms with van der Waals surface area (Å²) in [7, 11) is 0. The van der Waals surface area contributed by atoms with Gasteiger partial charge in [0.2, 0.25) is 5.91 Å². The lowest BCUT2D eigenvalue weighted by atomic mass is 10.2. The van der Waals surface area contributed by atoms with Crippen molar-refractivity contribution in [2.24, 2.45) is 0 Å². The summed E-state index contributed by atoms with van der Waals surface area (Å²) in [5.41, 5.74) is 1.94. The van der Waals surface area contributed by atoms with Crippen LogP contribution in [0.15, 0.2) is 77.4 Å². The maximum atomic E-state index is 12.8. The van der Waals surface area contributed by atoms with Crippen molar-refractivity contribution in [2.75, 3.05) is 50.8 Å². The third-order valence-corrected chi connectivity index (χ3v) is 6.57. The van der Waals surface area contributed by atoms with Crippen molar-refractivity contribution in [1.29, 1.82) is 0 Å². The fraction of sp³-hybridized carbons (Fsp3) is 0.345. The van der Waals surface area contributed by atoms with Gasteiger partial charge in [-0.05, 0) is 36.2 Å². The summed E-state index contributed by atoms with van der Waals surface area (Å²) in [5.74, 6) is 2.02. The largest absolute Gasteiger partial charge is 0.461 e. The monoisotopic (exact) mass is 499 g/mol. The van der Waals surface area contributed by atoms with Crippen molar-refractivity contribution >= 4 is 22.6 Å². The SMILES string of the molecule is O=C(CCN(CCCN1CCOCC1)c1nc(-c2ccco2)nc2ccccc12)NCc1ccccc1. The van der Waals surface area contributed by atoms with Gasteiger partial charge in [0, 0.05) is 51.1 Å². The fourth-order valence-corrected chi connectivity index (χ4v) is 4.57. The summed E-state index contributed by atoms with van der Waals surface area (Å²) in [6.07, 6.45) is 2.96. The zero-order valence-electron chi connectivity index (χ0n) is 21.0. The van der Waals surface area contributed by atoms with Crippen molar-refractivity contribution in [2.45, 2.75) is 19.4 Å². The van der Waals surface area contributed by atoms with Crippen LogP contribution in [0.25, 0.3) is 22.5 Å². The second-order valence-electron chi connectivity index (χ2n) is 9.17. The minimum atomic E-state index is 0.0200. The van der Waals surface area contributed by atoms with E-state index in [0.29, 0.717) is 31.1 Å². The number of ether oxygens (including phenoxy) is 1. The number of carbonyl (C=O) groups excluding carboxylic acids is 1. The molecule has 3 heterocycles. The van der Waals surface area contributed by atoms with E-state index in [1.165, 1.54) is 0 Å². The Hall–Kier alpha value is -3.75. The molecule has 2 aromatic carbocycles. The topological polar surface area (TPSA) is 83.7 Å². The van der Waals surface area contributed by atoms with Gasteiger partial charge < -0.3 is 19.4 Å². The molecule has 5 rings (SSSR count). The Kier molecular flexibility index (Phi) is 8.40. The van der Waals surface area contributed by atoms with Gasteiger partial charge in [0.25, 0.3) is 0 Å². The Bertz CT molecular complexity index is 1270. The fourth-order valence-electron chi connectivity index (χ4n) is 4.57. The number of benzene rings is 2. The predicted molar refractivity (Wildman–Crippen MR) is 144 cm³/mol. The highest BCUT2D eigenvalue weighted by Crippen LogP contribution is 2.28. The molecule has 8 heteroatoms. The second kappa shape index (κ2) is 12.5. The average molecular weight is 500 g/mol. The van der Waals surface area contributed by atoms with Gasteiger partial charge in [-0.3, -0.25) is 9.69 Å². The Labute approximate surface area is 217 Å². The zero-order valence-corrected chi connectivity index (χ0v) is 21.0. The number of anilines is 1. The van der Waals surface area contributed by atoms with Crippen LogP contribution >= 0.6 is 0 Å². The first-order chi connectivity index (χ1) is 18.3. The highest BCUT2D eigenvalue weighted by atomic mass is 16.5. The molecule has 0 spiro atoms. The molecule has 1 amide bonds. The van der Waals surface area contributed by atoms with Gasteiger partial charge in [-0.15, -0.1) is 0 Å². The van der Waals surface area contributed by atoms with Gasteiger partial charge in [0.05, 0.1) is 25.0 Å². The number of hydrogen-bond acceptors (Lipinski definition) is 7. The molecule has 0 aliphatic carbocycles. The van der Waals surface area contributed by atoms with E-state index < -0.39 is 0 Å². The molecular formula is C29H33N5O3. The molecule has 192 valence electrons. The number of amides is 1. The molecule has 1 aliphatic heterocycles. The number of furan rings is 1.